The van der Waals surface area contributed by atoms with Gasteiger partial charge in [0.2, 0.25) is 17.6 Å². The molecule has 1 N–H and O–H groups in total. The molecule has 22 heavy (non-hydrogen) atoms. The molecule has 1 aromatic carbocycles. The van der Waals surface area contributed by atoms with Crippen LogP contribution in [0.15, 0.2) is 28.8 Å². The number of rotatable bonds is 4. The van der Waals surface area contributed by atoms with Crippen LogP contribution in [-0.4, -0.2) is 16.0 Å². The standard InChI is InChI=1S/C16H18ClN3O2/c1-10(18-15(21)11-5-2-3-6-11)16-19-14(20-22-16)12-7-4-8-13(17)9-12/h4,7-11H,2-3,5-6H2,1H3,(H,18,21)/t10-/m0/s1. The molecule has 0 unspecified atom stereocenters. The van der Waals surface area contributed by atoms with E-state index < -0.39 is 0 Å². The van der Waals surface area contributed by atoms with Crippen molar-refractivity contribution >= 4 is 17.5 Å². The van der Waals surface area contributed by atoms with E-state index in [1.165, 1.54) is 0 Å². The number of nitrogens with zero attached hydrogens (tertiary/aromatic N) is 2. The molecule has 1 aliphatic rings. The fourth-order valence-corrected chi connectivity index (χ4v) is 2.93. The van der Waals surface area contributed by atoms with Gasteiger partial charge in [0.15, 0.2) is 0 Å². The summed E-state index contributed by atoms with van der Waals surface area (Å²) in [6.07, 6.45) is 4.20. The van der Waals surface area contributed by atoms with Gasteiger partial charge in [0.25, 0.3) is 0 Å². The Hall–Kier alpha value is -1.88. The molecule has 1 atom stereocenters. The molecule has 0 spiro atoms. The summed E-state index contributed by atoms with van der Waals surface area (Å²) in [6.45, 7) is 1.85. The molecule has 0 saturated heterocycles. The van der Waals surface area contributed by atoms with Gasteiger partial charge >= 0.3 is 0 Å². The maximum absolute atomic E-state index is 12.1. The van der Waals surface area contributed by atoms with Crippen molar-refractivity contribution < 1.29 is 9.32 Å². The van der Waals surface area contributed by atoms with Crippen LogP contribution in [0.3, 0.4) is 0 Å². The van der Waals surface area contributed by atoms with Crippen LogP contribution in [0.1, 0.15) is 44.5 Å². The zero-order valence-electron chi connectivity index (χ0n) is 12.4. The molecule has 5 nitrogen and oxygen atoms in total. The van der Waals surface area contributed by atoms with Crippen molar-refractivity contribution in [3.05, 3.63) is 35.2 Å². The first-order valence-corrected chi connectivity index (χ1v) is 7.91. The molecule has 1 saturated carbocycles. The van der Waals surface area contributed by atoms with Gasteiger partial charge in [-0.05, 0) is 31.9 Å². The van der Waals surface area contributed by atoms with E-state index in [-0.39, 0.29) is 17.9 Å². The minimum atomic E-state index is -0.298. The lowest BCUT2D eigenvalue weighted by Gasteiger charge is -2.13. The van der Waals surface area contributed by atoms with Gasteiger partial charge in [-0.15, -0.1) is 0 Å². The van der Waals surface area contributed by atoms with Crippen molar-refractivity contribution in [2.24, 2.45) is 5.92 Å². The van der Waals surface area contributed by atoms with Gasteiger partial charge in [-0.1, -0.05) is 41.7 Å². The molecule has 1 heterocycles. The molecule has 2 aromatic rings. The molecule has 0 bridgehead atoms. The molecule has 1 amide bonds. The van der Waals surface area contributed by atoms with E-state index in [9.17, 15) is 4.79 Å². The normalized spacial score (nSPS) is 16.6. The molecular weight excluding hydrogens is 302 g/mol. The van der Waals surface area contributed by atoms with Crippen molar-refractivity contribution in [3.8, 4) is 11.4 Å². The number of carbonyl (C=O) groups is 1. The highest BCUT2D eigenvalue weighted by Crippen LogP contribution is 2.26. The van der Waals surface area contributed by atoms with E-state index in [0.717, 1.165) is 31.2 Å². The fourth-order valence-electron chi connectivity index (χ4n) is 2.74. The quantitative estimate of drug-likeness (QED) is 0.931. The Morgan fingerprint density at radius 3 is 2.91 bits per heavy atom. The van der Waals surface area contributed by atoms with Crippen LogP contribution in [0.25, 0.3) is 11.4 Å². The zero-order valence-corrected chi connectivity index (χ0v) is 13.1. The average molecular weight is 320 g/mol. The largest absolute Gasteiger partial charge is 0.344 e. The minimum Gasteiger partial charge on any atom is -0.344 e. The number of hydrogen-bond acceptors (Lipinski definition) is 4. The lowest BCUT2D eigenvalue weighted by molar-refractivity contribution is -0.125. The van der Waals surface area contributed by atoms with E-state index >= 15 is 0 Å². The summed E-state index contributed by atoms with van der Waals surface area (Å²) in [5.74, 6) is 1.08. The Morgan fingerprint density at radius 1 is 1.41 bits per heavy atom. The van der Waals surface area contributed by atoms with Crippen LogP contribution < -0.4 is 5.32 Å². The SMILES string of the molecule is C[C@H](NC(=O)C1CCCC1)c1nc(-c2cccc(Cl)c2)no1. The van der Waals surface area contributed by atoms with Gasteiger partial charge < -0.3 is 9.84 Å². The summed E-state index contributed by atoms with van der Waals surface area (Å²) in [6, 6.07) is 6.96. The summed E-state index contributed by atoms with van der Waals surface area (Å²) in [5.41, 5.74) is 0.789. The van der Waals surface area contributed by atoms with Crippen molar-refractivity contribution in [3.63, 3.8) is 0 Å². The maximum atomic E-state index is 12.1. The van der Waals surface area contributed by atoms with Crippen LogP contribution in [0.4, 0.5) is 0 Å². The average Bonchev–Trinajstić information content (AvgIpc) is 3.19. The summed E-state index contributed by atoms with van der Waals surface area (Å²) < 4.78 is 5.27. The third-order valence-corrected chi connectivity index (χ3v) is 4.21. The van der Waals surface area contributed by atoms with Crippen LogP contribution in [0.5, 0.6) is 0 Å². The van der Waals surface area contributed by atoms with Crippen molar-refractivity contribution in [1.82, 2.24) is 15.5 Å². The van der Waals surface area contributed by atoms with Crippen LogP contribution in [0.2, 0.25) is 5.02 Å². The third kappa shape index (κ3) is 3.30. The summed E-state index contributed by atoms with van der Waals surface area (Å²) in [7, 11) is 0. The smallest absolute Gasteiger partial charge is 0.249 e. The minimum absolute atomic E-state index is 0.0764. The lowest BCUT2D eigenvalue weighted by atomic mass is 10.1. The number of halogens is 1. The first-order valence-electron chi connectivity index (χ1n) is 7.53. The number of benzene rings is 1. The number of carbonyl (C=O) groups excluding carboxylic acids is 1. The van der Waals surface area contributed by atoms with E-state index in [1.54, 1.807) is 12.1 Å². The molecule has 3 rings (SSSR count). The van der Waals surface area contributed by atoms with Gasteiger partial charge in [0.05, 0.1) is 0 Å². The molecule has 0 aliphatic heterocycles. The van der Waals surface area contributed by atoms with E-state index in [1.807, 2.05) is 19.1 Å². The van der Waals surface area contributed by atoms with Gasteiger partial charge in [-0.3, -0.25) is 4.79 Å². The van der Waals surface area contributed by atoms with Crippen molar-refractivity contribution in [2.45, 2.75) is 38.6 Å². The van der Waals surface area contributed by atoms with Gasteiger partial charge in [-0.25, -0.2) is 0 Å². The Kier molecular flexibility index (Phi) is 4.43. The van der Waals surface area contributed by atoms with Crippen molar-refractivity contribution in [2.75, 3.05) is 0 Å². The van der Waals surface area contributed by atoms with Gasteiger partial charge in [-0.2, -0.15) is 4.98 Å². The third-order valence-electron chi connectivity index (χ3n) is 3.98. The molecule has 116 valence electrons. The zero-order chi connectivity index (χ0) is 15.5. The lowest BCUT2D eigenvalue weighted by Crippen LogP contribution is -2.31. The van der Waals surface area contributed by atoms with Crippen LogP contribution in [-0.2, 0) is 4.79 Å². The Labute approximate surface area is 134 Å². The molecule has 6 heteroatoms. The maximum Gasteiger partial charge on any atom is 0.249 e. The Bertz CT molecular complexity index is 665. The fraction of sp³-hybridized carbons (Fsp3) is 0.438. The summed E-state index contributed by atoms with van der Waals surface area (Å²) in [4.78, 5) is 16.5. The first kappa shape index (κ1) is 15.0. The van der Waals surface area contributed by atoms with Gasteiger partial charge in [0, 0.05) is 16.5 Å². The number of hydrogen-bond donors (Lipinski definition) is 1. The number of amides is 1. The van der Waals surface area contributed by atoms with E-state index in [2.05, 4.69) is 15.5 Å². The van der Waals surface area contributed by atoms with Crippen LogP contribution in [0, 0.1) is 5.92 Å². The predicted molar refractivity (Wildman–Crippen MR) is 83.3 cm³/mol. The summed E-state index contributed by atoms with van der Waals surface area (Å²) in [5, 5.41) is 7.53. The highest BCUT2D eigenvalue weighted by molar-refractivity contribution is 6.30. The van der Waals surface area contributed by atoms with Gasteiger partial charge in [0.1, 0.15) is 6.04 Å². The van der Waals surface area contributed by atoms with Crippen molar-refractivity contribution in [1.29, 1.82) is 0 Å². The highest BCUT2D eigenvalue weighted by atomic mass is 35.5. The van der Waals surface area contributed by atoms with Crippen LogP contribution >= 0.6 is 11.6 Å². The van der Waals surface area contributed by atoms with E-state index in [4.69, 9.17) is 16.1 Å². The second-order valence-electron chi connectivity index (χ2n) is 5.68. The Morgan fingerprint density at radius 2 is 2.18 bits per heavy atom. The Balaban J connectivity index is 1.68. The predicted octanol–water partition coefficient (Wildman–Crippen LogP) is 3.76. The first-order chi connectivity index (χ1) is 10.6. The molecular formula is C16H18ClN3O2. The highest BCUT2D eigenvalue weighted by Gasteiger charge is 2.25. The topological polar surface area (TPSA) is 68.0 Å². The van der Waals surface area contributed by atoms with E-state index in [0.29, 0.717) is 16.7 Å². The molecule has 1 fully saturated rings. The molecule has 1 aromatic heterocycles. The second-order valence-corrected chi connectivity index (χ2v) is 6.11. The second kappa shape index (κ2) is 6.48. The number of nitrogens with one attached hydrogen (secondary N) is 1. The molecule has 0 radical (unpaired) electrons. The summed E-state index contributed by atoms with van der Waals surface area (Å²) >= 11 is 5.96. The monoisotopic (exact) mass is 319 g/mol. The number of aromatic nitrogens is 2. The molecule has 1 aliphatic carbocycles.